The summed E-state index contributed by atoms with van der Waals surface area (Å²) in [5, 5.41) is 3.65. The van der Waals surface area contributed by atoms with Crippen molar-refractivity contribution < 1.29 is 14.3 Å². The third-order valence-corrected chi connectivity index (χ3v) is 4.04. The number of anilines is 1. The lowest BCUT2D eigenvalue weighted by Crippen LogP contribution is -2.38. The maximum absolute atomic E-state index is 12.3. The Bertz CT molecular complexity index is 560. The molecule has 0 aromatic heterocycles. The second kappa shape index (κ2) is 7.31. The molecule has 2 atom stereocenters. The summed E-state index contributed by atoms with van der Waals surface area (Å²) >= 11 is 11.8. The van der Waals surface area contributed by atoms with E-state index < -0.39 is 0 Å². The van der Waals surface area contributed by atoms with Gasteiger partial charge in [0, 0.05) is 35.8 Å². The molecule has 0 radical (unpaired) electrons. The van der Waals surface area contributed by atoms with Crippen molar-refractivity contribution in [2.24, 2.45) is 5.92 Å². The standard InChI is InChI=1S/C15H18Cl2N2O3/c1-9(8-22-2)19-7-10(3-14(19)20)15(21)18-13-5-11(16)4-12(17)6-13/h4-6,9-10H,3,7-8H2,1-2H3,(H,18,21)/t9-,10-/m0/s1. The van der Waals surface area contributed by atoms with Gasteiger partial charge in [0.25, 0.3) is 0 Å². The van der Waals surface area contributed by atoms with E-state index in [0.29, 0.717) is 28.9 Å². The van der Waals surface area contributed by atoms with Crippen LogP contribution in [-0.2, 0) is 14.3 Å². The first kappa shape index (κ1) is 17.1. The fourth-order valence-electron chi connectivity index (χ4n) is 2.53. The molecule has 1 aromatic carbocycles. The summed E-state index contributed by atoms with van der Waals surface area (Å²) in [4.78, 5) is 26.0. The summed E-state index contributed by atoms with van der Waals surface area (Å²) in [5.41, 5.74) is 0.526. The average molecular weight is 345 g/mol. The normalized spacial score (nSPS) is 19.4. The van der Waals surface area contributed by atoms with Gasteiger partial charge < -0.3 is 15.0 Å². The zero-order valence-electron chi connectivity index (χ0n) is 12.4. The monoisotopic (exact) mass is 344 g/mol. The summed E-state index contributed by atoms with van der Waals surface area (Å²) in [6, 6.07) is 4.78. The van der Waals surface area contributed by atoms with Crippen LogP contribution in [0.25, 0.3) is 0 Å². The van der Waals surface area contributed by atoms with Gasteiger partial charge in [0.1, 0.15) is 0 Å². The first-order chi connectivity index (χ1) is 10.4. The fraction of sp³-hybridized carbons (Fsp3) is 0.467. The summed E-state index contributed by atoms with van der Waals surface area (Å²) in [5.74, 6) is -0.628. The lowest BCUT2D eigenvalue weighted by Gasteiger charge is -2.23. The molecule has 0 aliphatic carbocycles. The van der Waals surface area contributed by atoms with Crippen molar-refractivity contribution in [3.63, 3.8) is 0 Å². The van der Waals surface area contributed by atoms with Gasteiger partial charge in [-0.25, -0.2) is 0 Å². The predicted octanol–water partition coefficient (Wildman–Crippen LogP) is 2.82. The molecule has 1 heterocycles. The van der Waals surface area contributed by atoms with E-state index in [2.05, 4.69) is 5.32 Å². The molecular formula is C15H18Cl2N2O3. The number of ether oxygens (including phenoxy) is 1. The maximum Gasteiger partial charge on any atom is 0.229 e. The minimum Gasteiger partial charge on any atom is -0.383 e. The number of hydrogen-bond donors (Lipinski definition) is 1. The van der Waals surface area contributed by atoms with Crippen molar-refractivity contribution in [1.82, 2.24) is 4.90 Å². The molecule has 0 spiro atoms. The molecule has 0 saturated carbocycles. The van der Waals surface area contributed by atoms with Crippen LogP contribution in [0.15, 0.2) is 18.2 Å². The Labute approximate surface area is 139 Å². The smallest absolute Gasteiger partial charge is 0.229 e. The molecule has 22 heavy (non-hydrogen) atoms. The van der Waals surface area contributed by atoms with Crippen molar-refractivity contribution in [3.05, 3.63) is 28.2 Å². The van der Waals surface area contributed by atoms with Crippen molar-refractivity contribution in [2.45, 2.75) is 19.4 Å². The van der Waals surface area contributed by atoms with Crippen LogP contribution in [0.1, 0.15) is 13.3 Å². The second-order valence-corrected chi connectivity index (χ2v) is 6.27. The van der Waals surface area contributed by atoms with Gasteiger partial charge in [-0.1, -0.05) is 23.2 Å². The van der Waals surface area contributed by atoms with E-state index >= 15 is 0 Å². The number of nitrogens with one attached hydrogen (secondary N) is 1. The van der Waals surface area contributed by atoms with Crippen LogP contribution in [0.4, 0.5) is 5.69 Å². The number of methoxy groups -OCH3 is 1. The molecule has 5 nitrogen and oxygen atoms in total. The Morgan fingerprint density at radius 3 is 2.64 bits per heavy atom. The SMILES string of the molecule is COC[C@H](C)N1C[C@@H](C(=O)Nc2cc(Cl)cc(Cl)c2)CC1=O. The molecular weight excluding hydrogens is 327 g/mol. The van der Waals surface area contributed by atoms with E-state index in [1.165, 1.54) is 0 Å². The van der Waals surface area contributed by atoms with Crippen molar-refractivity contribution in [1.29, 1.82) is 0 Å². The second-order valence-electron chi connectivity index (χ2n) is 5.40. The number of hydrogen-bond acceptors (Lipinski definition) is 3. The minimum absolute atomic E-state index is 0.0335. The van der Waals surface area contributed by atoms with Gasteiger partial charge in [0.2, 0.25) is 11.8 Å². The van der Waals surface area contributed by atoms with Gasteiger partial charge in [-0.3, -0.25) is 9.59 Å². The average Bonchev–Trinajstić information content (AvgIpc) is 2.80. The van der Waals surface area contributed by atoms with Gasteiger partial charge in [-0.2, -0.15) is 0 Å². The number of carbonyl (C=O) groups excluding carboxylic acids is 2. The zero-order valence-corrected chi connectivity index (χ0v) is 13.9. The highest BCUT2D eigenvalue weighted by molar-refractivity contribution is 6.35. The van der Waals surface area contributed by atoms with Gasteiger partial charge in [-0.05, 0) is 25.1 Å². The molecule has 1 aromatic rings. The first-order valence-electron chi connectivity index (χ1n) is 6.96. The predicted molar refractivity (Wildman–Crippen MR) is 86.2 cm³/mol. The van der Waals surface area contributed by atoms with Gasteiger partial charge in [0.05, 0.1) is 18.6 Å². The summed E-state index contributed by atoms with van der Waals surface area (Å²) < 4.78 is 5.06. The third-order valence-electron chi connectivity index (χ3n) is 3.60. The molecule has 1 fully saturated rings. The van der Waals surface area contributed by atoms with E-state index in [-0.39, 0.29) is 30.2 Å². The van der Waals surface area contributed by atoms with Gasteiger partial charge in [-0.15, -0.1) is 0 Å². The molecule has 0 bridgehead atoms. The topological polar surface area (TPSA) is 58.6 Å². The summed E-state index contributed by atoms with van der Waals surface area (Å²) in [6.45, 7) is 2.74. The van der Waals surface area contributed by atoms with E-state index in [4.69, 9.17) is 27.9 Å². The molecule has 1 aliphatic heterocycles. The summed E-state index contributed by atoms with van der Waals surface area (Å²) in [7, 11) is 1.59. The quantitative estimate of drug-likeness (QED) is 0.893. The van der Waals surface area contributed by atoms with E-state index in [9.17, 15) is 9.59 Å². The molecule has 1 N–H and O–H groups in total. The highest BCUT2D eigenvalue weighted by atomic mass is 35.5. The highest BCUT2D eigenvalue weighted by Gasteiger charge is 2.36. The van der Waals surface area contributed by atoms with Gasteiger partial charge >= 0.3 is 0 Å². The Hall–Kier alpha value is -1.30. The third kappa shape index (κ3) is 4.12. The fourth-order valence-corrected chi connectivity index (χ4v) is 3.06. The largest absolute Gasteiger partial charge is 0.383 e. The molecule has 2 rings (SSSR count). The molecule has 1 aliphatic rings. The molecule has 120 valence electrons. The van der Waals surface area contributed by atoms with Gasteiger partial charge in [0.15, 0.2) is 0 Å². The van der Waals surface area contributed by atoms with Crippen molar-refractivity contribution >= 4 is 40.7 Å². The molecule has 0 unspecified atom stereocenters. The number of rotatable bonds is 5. The molecule has 2 amide bonds. The zero-order chi connectivity index (χ0) is 16.3. The maximum atomic E-state index is 12.3. The number of benzene rings is 1. The highest BCUT2D eigenvalue weighted by Crippen LogP contribution is 2.25. The Morgan fingerprint density at radius 1 is 1.41 bits per heavy atom. The minimum atomic E-state index is -0.385. The van der Waals surface area contributed by atoms with E-state index in [1.807, 2.05) is 6.92 Å². The number of nitrogens with zero attached hydrogens (tertiary/aromatic N) is 1. The van der Waals surface area contributed by atoms with Crippen LogP contribution >= 0.6 is 23.2 Å². The molecule has 1 saturated heterocycles. The van der Waals surface area contributed by atoms with Crippen LogP contribution in [0, 0.1) is 5.92 Å². The lowest BCUT2D eigenvalue weighted by atomic mass is 10.1. The van der Waals surface area contributed by atoms with Crippen molar-refractivity contribution in [2.75, 3.05) is 25.6 Å². The molecule has 7 heteroatoms. The number of halogens is 2. The number of likely N-dealkylation sites (tertiary alicyclic amines) is 1. The van der Waals surface area contributed by atoms with Crippen LogP contribution < -0.4 is 5.32 Å². The Balaban J connectivity index is 2.00. The first-order valence-corrected chi connectivity index (χ1v) is 7.71. The number of amides is 2. The van der Waals surface area contributed by atoms with Crippen LogP contribution in [-0.4, -0.2) is 43.0 Å². The van der Waals surface area contributed by atoms with Crippen LogP contribution in [0.5, 0.6) is 0 Å². The van der Waals surface area contributed by atoms with Crippen LogP contribution in [0.3, 0.4) is 0 Å². The lowest BCUT2D eigenvalue weighted by molar-refractivity contribution is -0.130. The Morgan fingerprint density at radius 2 is 2.05 bits per heavy atom. The van der Waals surface area contributed by atoms with Crippen LogP contribution in [0.2, 0.25) is 10.0 Å². The Kier molecular flexibility index (Phi) is 5.67. The number of carbonyl (C=O) groups is 2. The van der Waals surface area contributed by atoms with E-state index in [1.54, 1.807) is 30.2 Å². The van der Waals surface area contributed by atoms with Crippen molar-refractivity contribution in [3.8, 4) is 0 Å². The van der Waals surface area contributed by atoms with E-state index in [0.717, 1.165) is 0 Å². The summed E-state index contributed by atoms with van der Waals surface area (Å²) in [6.07, 6.45) is 0.203.